The van der Waals surface area contributed by atoms with E-state index in [9.17, 15) is 13.6 Å². The topological polar surface area (TPSA) is 38.3 Å². The van der Waals surface area contributed by atoms with E-state index in [1.54, 1.807) is 13.0 Å². The number of anilines is 1. The number of benzene rings is 2. The fraction of sp³-hybridized carbons (Fsp3) is 0.188. The summed E-state index contributed by atoms with van der Waals surface area (Å²) in [7, 11) is 1.26. The Labute approximate surface area is 121 Å². The Hall–Kier alpha value is -2.43. The highest BCUT2D eigenvalue weighted by Gasteiger charge is 2.36. The molecule has 2 aromatic carbocycles. The molecule has 1 N–H and O–H groups in total. The first-order valence-corrected chi connectivity index (χ1v) is 6.34. The lowest BCUT2D eigenvalue weighted by atomic mass is 9.91. The standard InChI is InChI=1S/C16H15F2NO2/c1-16(15(20)21-2,11-6-8-12(17)9-7-11)19-14-5-3-4-13(18)10-14/h3-10,19H,1-2H3. The van der Waals surface area contributed by atoms with Gasteiger partial charge >= 0.3 is 5.97 Å². The summed E-state index contributed by atoms with van der Waals surface area (Å²) in [5.74, 6) is -1.39. The molecule has 0 aliphatic rings. The van der Waals surface area contributed by atoms with Gasteiger partial charge in [0.05, 0.1) is 7.11 Å². The third-order valence-electron chi connectivity index (χ3n) is 3.23. The summed E-state index contributed by atoms with van der Waals surface area (Å²) in [6, 6.07) is 11.2. The summed E-state index contributed by atoms with van der Waals surface area (Å²) in [6.45, 7) is 1.59. The third kappa shape index (κ3) is 3.18. The van der Waals surface area contributed by atoms with Gasteiger partial charge < -0.3 is 10.1 Å². The van der Waals surface area contributed by atoms with Crippen LogP contribution in [0.3, 0.4) is 0 Å². The molecule has 110 valence electrons. The number of nitrogens with one attached hydrogen (secondary N) is 1. The van der Waals surface area contributed by atoms with Gasteiger partial charge in [0.2, 0.25) is 0 Å². The maximum absolute atomic E-state index is 13.3. The Bertz CT molecular complexity index is 643. The number of rotatable bonds is 4. The van der Waals surface area contributed by atoms with Gasteiger partial charge in [-0.25, -0.2) is 13.6 Å². The number of carbonyl (C=O) groups excluding carboxylic acids is 1. The van der Waals surface area contributed by atoms with Crippen LogP contribution >= 0.6 is 0 Å². The first-order valence-electron chi connectivity index (χ1n) is 6.34. The number of esters is 1. The van der Waals surface area contributed by atoms with Crippen molar-refractivity contribution in [2.24, 2.45) is 0 Å². The zero-order valence-electron chi connectivity index (χ0n) is 11.7. The van der Waals surface area contributed by atoms with E-state index in [2.05, 4.69) is 5.32 Å². The highest BCUT2D eigenvalue weighted by Crippen LogP contribution is 2.28. The minimum atomic E-state index is -1.25. The first-order chi connectivity index (χ1) is 9.95. The lowest BCUT2D eigenvalue weighted by Crippen LogP contribution is -2.41. The Kier molecular flexibility index (Phi) is 4.21. The van der Waals surface area contributed by atoms with E-state index in [4.69, 9.17) is 4.74 Å². The molecule has 0 saturated carbocycles. The van der Waals surface area contributed by atoms with Gasteiger partial charge in [-0.2, -0.15) is 0 Å². The van der Waals surface area contributed by atoms with Gasteiger partial charge in [0, 0.05) is 5.69 Å². The van der Waals surface area contributed by atoms with E-state index in [-0.39, 0.29) is 0 Å². The number of carbonyl (C=O) groups is 1. The summed E-state index contributed by atoms with van der Waals surface area (Å²) in [5.41, 5.74) is -0.316. The molecule has 0 aliphatic heterocycles. The molecule has 0 fully saturated rings. The van der Waals surface area contributed by atoms with Gasteiger partial charge in [0.1, 0.15) is 11.6 Å². The number of methoxy groups -OCH3 is 1. The molecule has 0 spiro atoms. The largest absolute Gasteiger partial charge is 0.467 e. The van der Waals surface area contributed by atoms with Crippen LogP contribution in [0.25, 0.3) is 0 Å². The Balaban J connectivity index is 2.42. The zero-order chi connectivity index (χ0) is 15.5. The van der Waals surface area contributed by atoms with Crippen LogP contribution in [0.2, 0.25) is 0 Å². The molecule has 3 nitrogen and oxygen atoms in total. The highest BCUT2D eigenvalue weighted by atomic mass is 19.1. The predicted molar refractivity (Wildman–Crippen MR) is 75.8 cm³/mol. The predicted octanol–water partition coefficient (Wildman–Crippen LogP) is 3.47. The van der Waals surface area contributed by atoms with Crippen LogP contribution in [-0.2, 0) is 15.1 Å². The van der Waals surface area contributed by atoms with Crippen LogP contribution < -0.4 is 5.32 Å². The maximum Gasteiger partial charge on any atom is 0.335 e. The summed E-state index contributed by atoms with van der Waals surface area (Å²) in [5, 5.41) is 2.95. The van der Waals surface area contributed by atoms with Crippen molar-refractivity contribution in [2.45, 2.75) is 12.5 Å². The minimum absolute atomic E-state index is 0.406. The molecular formula is C16H15F2NO2. The number of hydrogen-bond acceptors (Lipinski definition) is 3. The number of ether oxygens (including phenoxy) is 1. The van der Waals surface area contributed by atoms with E-state index in [0.717, 1.165) is 0 Å². The average Bonchev–Trinajstić information content (AvgIpc) is 2.46. The molecule has 1 unspecified atom stereocenters. The molecule has 0 radical (unpaired) electrons. The Morgan fingerprint density at radius 3 is 2.33 bits per heavy atom. The van der Waals surface area contributed by atoms with Crippen molar-refractivity contribution in [3.05, 3.63) is 65.7 Å². The SMILES string of the molecule is COC(=O)C(C)(Nc1cccc(F)c1)c1ccc(F)cc1. The second-order valence-corrected chi connectivity index (χ2v) is 4.76. The van der Waals surface area contributed by atoms with Crippen molar-refractivity contribution in [2.75, 3.05) is 12.4 Å². The van der Waals surface area contributed by atoms with Gasteiger partial charge in [-0.05, 0) is 42.8 Å². The smallest absolute Gasteiger partial charge is 0.335 e. The zero-order valence-corrected chi connectivity index (χ0v) is 11.7. The van der Waals surface area contributed by atoms with Crippen LogP contribution in [0.5, 0.6) is 0 Å². The van der Waals surface area contributed by atoms with Gasteiger partial charge in [0.25, 0.3) is 0 Å². The maximum atomic E-state index is 13.3. The molecule has 0 bridgehead atoms. The summed E-state index contributed by atoms with van der Waals surface area (Å²) in [4.78, 5) is 12.1. The van der Waals surface area contributed by atoms with E-state index in [1.807, 2.05) is 0 Å². The number of halogens is 2. The van der Waals surface area contributed by atoms with Crippen molar-refractivity contribution in [1.29, 1.82) is 0 Å². The van der Waals surface area contributed by atoms with Crippen LogP contribution in [0.4, 0.5) is 14.5 Å². The van der Waals surface area contributed by atoms with E-state index in [1.165, 1.54) is 49.6 Å². The van der Waals surface area contributed by atoms with Crippen molar-refractivity contribution in [3.8, 4) is 0 Å². The number of hydrogen-bond donors (Lipinski definition) is 1. The van der Waals surface area contributed by atoms with Gasteiger partial charge in [-0.15, -0.1) is 0 Å². The molecule has 0 amide bonds. The molecule has 0 heterocycles. The Morgan fingerprint density at radius 1 is 1.10 bits per heavy atom. The molecule has 2 rings (SSSR count). The van der Waals surface area contributed by atoms with Crippen molar-refractivity contribution < 1.29 is 18.3 Å². The van der Waals surface area contributed by atoms with Crippen molar-refractivity contribution in [1.82, 2.24) is 0 Å². The monoisotopic (exact) mass is 291 g/mol. The highest BCUT2D eigenvalue weighted by molar-refractivity contribution is 5.85. The first kappa shape index (κ1) is 15.0. The van der Waals surface area contributed by atoms with Crippen molar-refractivity contribution >= 4 is 11.7 Å². The van der Waals surface area contributed by atoms with Gasteiger partial charge in [0.15, 0.2) is 5.54 Å². The molecule has 1 atom stereocenters. The lowest BCUT2D eigenvalue weighted by molar-refractivity contribution is -0.145. The Morgan fingerprint density at radius 2 is 1.76 bits per heavy atom. The summed E-state index contributed by atoms with van der Waals surface area (Å²) < 4.78 is 31.1. The lowest BCUT2D eigenvalue weighted by Gasteiger charge is -2.29. The van der Waals surface area contributed by atoms with E-state index >= 15 is 0 Å². The third-order valence-corrected chi connectivity index (χ3v) is 3.23. The van der Waals surface area contributed by atoms with Crippen LogP contribution in [-0.4, -0.2) is 13.1 Å². The second kappa shape index (κ2) is 5.91. The van der Waals surface area contributed by atoms with Crippen LogP contribution in [0, 0.1) is 11.6 Å². The molecule has 2 aromatic rings. The molecule has 21 heavy (non-hydrogen) atoms. The van der Waals surface area contributed by atoms with Crippen LogP contribution in [0.1, 0.15) is 12.5 Å². The van der Waals surface area contributed by atoms with Crippen LogP contribution in [0.15, 0.2) is 48.5 Å². The molecule has 0 aromatic heterocycles. The second-order valence-electron chi connectivity index (χ2n) is 4.76. The molecule has 0 aliphatic carbocycles. The average molecular weight is 291 g/mol. The molecular weight excluding hydrogens is 276 g/mol. The molecule has 5 heteroatoms. The summed E-state index contributed by atoms with van der Waals surface area (Å²) in [6.07, 6.45) is 0. The van der Waals surface area contributed by atoms with E-state index in [0.29, 0.717) is 11.3 Å². The summed E-state index contributed by atoms with van der Waals surface area (Å²) >= 11 is 0. The van der Waals surface area contributed by atoms with E-state index < -0.39 is 23.1 Å². The van der Waals surface area contributed by atoms with Gasteiger partial charge in [-0.3, -0.25) is 0 Å². The van der Waals surface area contributed by atoms with Crippen molar-refractivity contribution in [3.63, 3.8) is 0 Å². The quantitative estimate of drug-likeness (QED) is 0.877. The normalized spacial score (nSPS) is 13.3. The fourth-order valence-corrected chi connectivity index (χ4v) is 2.08. The van der Waals surface area contributed by atoms with Gasteiger partial charge in [-0.1, -0.05) is 18.2 Å². The minimum Gasteiger partial charge on any atom is -0.467 e. The fourth-order valence-electron chi connectivity index (χ4n) is 2.08. The molecule has 0 saturated heterocycles.